The van der Waals surface area contributed by atoms with E-state index in [0.29, 0.717) is 16.3 Å². The van der Waals surface area contributed by atoms with Crippen LogP contribution in [0.4, 0.5) is 5.69 Å². The SMILES string of the molecule is COc1ccc(Cl)cc1/C(N)=N/OC(=O)c1cccc([N+](=O)[O-])c1. The molecule has 2 aromatic rings. The Bertz CT molecular complexity index is 823. The van der Waals surface area contributed by atoms with Crippen molar-refractivity contribution in [1.82, 2.24) is 0 Å². The number of hydrogen-bond acceptors (Lipinski definition) is 6. The molecule has 24 heavy (non-hydrogen) atoms. The van der Waals surface area contributed by atoms with Crippen LogP contribution < -0.4 is 10.5 Å². The Balaban J connectivity index is 2.21. The molecule has 2 N–H and O–H groups in total. The first-order valence-corrected chi connectivity index (χ1v) is 6.93. The van der Waals surface area contributed by atoms with Gasteiger partial charge in [-0.05, 0) is 24.3 Å². The minimum absolute atomic E-state index is 0.0289. The first-order valence-electron chi connectivity index (χ1n) is 6.55. The molecule has 0 saturated heterocycles. The maximum Gasteiger partial charge on any atom is 0.366 e. The molecule has 0 aliphatic rings. The number of non-ortho nitro benzene ring substituents is 1. The summed E-state index contributed by atoms with van der Waals surface area (Å²) in [5.74, 6) is -0.622. The van der Waals surface area contributed by atoms with Gasteiger partial charge in [-0.1, -0.05) is 22.8 Å². The van der Waals surface area contributed by atoms with E-state index in [-0.39, 0.29) is 17.1 Å². The molecule has 0 aliphatic heterocycles. The fourth-order valence-corrected chi connectivity index (χ4v) is 1.99. The molecular formula is C15H12ClN3O5. The summed E-state index contributed by atoms with van der Waals surface area (Å²) in [7, 11) is 1.44. The third kappa shape index (κ3) is 3.99. The van der Waals surface area contributed by atoms with Crippen LogP contribution in [0.2, 0.25) is 5.02 Å². The highest BCUT2D eigenvalue weighted by Crippen LogP contribution is 2.22. The van der Waals surface area contributed by atoms with Gasteiger partial charge in [0.1, 0.15) is 5.75 Å². The summed E-state index contributed by atoms with van der Waals surface area (Å²) < 4.78 is 5.12. The van der Waals surface area contributed by atoms with Crippen LogP contribution >= 0.6 is 11.6 Å². The van der Waals surface area contributed by atoms with Gasteiger partial charge in [-0.3, -0.25) is 10.1 Å². The standard InChI is InChI=1S/C15H12ClN3O5/c1-23-13-6-5-10(16)8-12(13)14(17)18-24-15(20)9-3-2-4-11(7-9)19(21)22/h2-8H,1H3,(H2,17,18). The Morgan fingerprint density at radius 2 is 2.04 bits per heavy atom. The zero-order valence-electron chi connectivity index (χ0n) is 12.4. The van der Waals surface area contributed by atoms with Crippen molar-refractivity contribution in [2.75, 3.05) is 7.11 Å². The lowest BCUT2D eigenvalue weighted by molar-refractivity contribution is -0.384. The summed E-state index contributed by atoms with van der Waals surface area (Å²) >= 11 is 5.89. The smallest absolute Gasteiger partial charge is 0.366 e. The van der Waals surface area contributed by atoms with Gasteiger partial charge in [0, 0.05) is 17.2 Å². The Morgan fingerprint density at radius 1 is 1.29 bits per heavy atom. The molecule has 0 heterocycles. The van der Waals surface area contributed by atoms with Crippen molar-refractivity contribution in [2.45, 2.75) is 0 Å². The minimum atomic E-state index is -0.886. The van der Waals surface area contributed by atoms with Crippen molar-refractivity contribution >= 4 is 29.1 Å². The first kappa shape index (κ1) is 17.2. The summed E-state index contributed by atoms with van der Waals surface area (Å²) in [6.45, 7) is 0. The molecule has 0 unspecified atom stereocenters. The Kier molecular flexibility index (Phi) is 5.33. The minimum Gasteiger partial charge on any atom is -0.496 e. The molecule has 2 aromatic carbocycles. The number of nitro benzene ring substituents is 1. The summed E-state index contributed by atoms with van der Waals surface area (Å²) in [6.07, 6.45) is 0. The fourth-order valence-electron chi connectivity index (χ4n) is 1.82. The average molecular weight is 350 g/mol. The number of halogens is 1. The van der Waals surface area contributed by atoms with Crippen LogP contribution in [0.15, 0.2) is 47.6 Å². The number of methoxy groups -OCH3 is 1. The normalized spacial score (nSPS) is 11.0. The molecule has 0 atom stereocenters. The molecular weight excluding hydrogens is 338 g/mol. The average Bonchev–Trinajstić information content (AvgIpc) is 2.59. The molecule has 8 nitrogen and oxygen atoms in total. The fraction of sp³-hybridized carbons (Fsp3) is 0.0667. The van der Waals surface area contributed by atoms with Gasteiger partial charge in [0.05, 0.1) is 23.2 Å². The number of nitro groups is 1. The number of ether oxygens (including phenoxy) is 1. The molecule has 2 rings (SSSR count). The predicted molar refractivity (Wildman–Crippen MR) is 87.2 cm³/mol. The molecule has 0 saturated carbocycles. The van der Waals surface area contributed by atoms with Crippen LogP contribution in [-0.4, -0.2) is 23.8 Å². The van der Waals surface area contributed by atoms with Gasteiger partial charge in [-0.15, -0.1) is 0 Å². The molecule has 0 spiro atoms. The molecule has 0 amide bonds. The first-order chi connectivity index (χ1) is 11.4. The zero-order chi connectivity index (χ0) is 17.7. The molecule has 0 aromatic heterocycles. The summed E-state index contributed by atoms with van der Waals surface area (Å²) in [5, 5.41) is 14.6. The van der Waals surface area contributed by atoms with Crippen molar-refractivity contribution < 1.29 is 19.3 Å². The van der Waals surface area contributed by atoms with Gasteiger partial charge < -0.3 is 15.3 Å². The summed E-state index contributed by atoms with van der Waals surface area (Å²) in [6, 6.07) is 9.75. The maximum atomic E-state index is 11.9. The van der Waals surface area contributed by atoms with Crippen LogP contribution in [0, 0.1) is 10.1 Å². The predicted octanol–water partition coefficient (Wildman–Crippen LogP) is 2.73. The second kappa shape index (κ2) is 7.42. The highest BCUT2D eigenvalue weighted by Gasteiger charge is 2.14. The monoisotopic (exact) mass is 349 g/mol. The van der Waals surface area contributed by atoms with E-state index in [0.717, 1.165) is 6.07 Å². The highest BCUT2D eigenvalue weighted by atomic mass is 35.5. The number of benzene rings is 2. The van der Waals surface area contributed by atoms with Crippen molar-refractivity contribution in [3.63, 3.8) is 0 Å². The molecule has 0 fully saturated rings. The van der Waals surface area contributed by atoms with Crippen molar-refractivity contribution in [3.05, 3.63) is 68.7 Å². The molecule has 9 heteroatoms. The topological polar surface area (TPSA) is 117 Å². The largest absolute Gasteiger partial charge is 0.496 e. The number of carbonyl (C=O) groups is 1. The second-order valence-corrected chi connectivity index (χ2v) is 4.94. The number of oxime groups is 1. The van der Waals surface area contributed by atoms with Gasteiger partial charge in [0.15, 0.2) is 5.84 Å². The summed E-state index contributed by atoms with van der Waals surface area (Å²) in [5.41, 5.74) is 5.85. The lowest BCUT2D eigenvalue weighted by atomic mass is 10.2. The summed E-state index contributed by atoms with van der Waals surface area (Å²) in [4.78, 5) is 26.7. The van der Waals surface area contributed by atoms with Crippen LogP contribution in [-0.2, 0) is 4.84 Å². The van der Waals surface area contributed by atoms with Gasteiger partial charge in [0.25, 0.3) is 5.69 Å². The lowest BCUT2D eigenvalue weighted by Crippen LogP contribution is -2.16. The van der Waals surface area contributed by atoms with E-state index in [1.54, 1.807) is 12.1 Å². The van der Waals surface area contributed by atoms with Crippen LogP contribution in [0.5, 0.6) is 5.75 Å². The number of amidine groups is 1. The third-order valence-electron chi connectivity index (χ3n) is 2.96. The van der Waals surface area contributed by atoms with Crippen molar-refractivity contribution in [3.8, 4) is 5.75 Å². The number of hydrogen-bond donors (Lipinski definition) is 1. The zero-order valence-corrected chi connectivity index (χ0v) is 13.2. The highest BCUT2D eigenvalue weighted by molar-refractivity contribution is 6.31. The number of rotatable bonds is 5. The Labute approximate surface area is 141 Å². The van der Waals surface area contributed by atoms with Gasteiger partial charge in [-0.25, -0.2) is 4.79 Å². The van der Waals surface area contributed by atoms with Crippen LogP contribution in [0.3, 0.4) is 0 Å². The van der Waals surface area contributed by atoms with Gasteiger partial charge in [-0.2, -0.15) is 0 Å². The second-order valence-electron chi connectivity index (χ2n) is 4.51. The molecule has 0 bridgehead atoms. The van der Waals surface area contributed by atoms with E-state index in [1.807, 2.05) is 0 Å². The van der Waals surface area contributed by atoms with Gasteiger partial charge in [0.2, 0.25) is 0 Å². The third-order valence-corrected chi connectivity index (χ3v) is 3.19. The lowest BCUT2D eigenvalue weighted by Gasteiger charge is -2.07. The maximum absolute atomic E-state index is 11.9. The van der Waals surface area contributed by atoms with Crippen LogP contribution in [0.25, 0.3) is 0 Å². The quantitative estimate of drug-likeness (QED) is 0.291. The Hall–Kier alpha value is -3.13. The van der Waals surface area contributed by atoms with E-state index in [9.17, 15) is 14.9 Å². The van der Waals surface area contributed by atoms with Crippen LogP contribution in [0.1, 0.15) is 15.9 Å². The van der Waals surface area contributed by atoms with E-state index in [4.69, 9.17) is 26.9 Å². The van der Waals surface area contributed by atoms with E-state index >= 15 is 0 Å². The van der Waals surface area contributed by atoms with Crippen molar-refractivity contribution in [2.24, 2.45) is 10.9 Å². The Morgan fingerprint density at radius 3 is 2.71 bits per heavy atom. The molecule has 124 valence electrons. The number of nitrogens with zero attached hydrogens (tertiary/aromatic N) is 2. The number of nitrogens with two attached hydrogens (primary N) is 1. The molecule has 0 aliphatic carbocycles. The van der Waals surface area contributed by atoms with E-state index < -0.39 is 10.9 Å². The van der Waals surface area contributed by atoms with E-state index in [2.05, 4.69) is 5.16 Å². The van der Waals surface area contributed by atoms with Crippen molar-refractivity contribution in [1.29, 1.82) is 0 Å². The molecule has 0 radical (unpaired) electrons. The number of carbonyl (C=O) groups excluding carboxylic acids is 1. The van der Waals surface area contributed by atoms with Gasteiger partial charge >= 0.3 is 5.97 Å². The van der Waals surface area contributed by atoms with E-state index in [1.165, 1.54) is 31.4 Å².